The van der Waals surface area contributed by atoms with Crippen molar-refractivity contribution in [3.63, 3.8) is 0 Å². The molecule has 0 spiro atoms. The minimum Gasteiger partial charge on any atom is -0.423 e. The largest absolute Gasteiger partial charge is 0.423 e. The third kappa shape index (κ3) is 2.41. The van der Waals surface area contributed by atoms with Crippen LogP contribution in [-0.4, -0.2) is 22.4 Å². The van der Waals surface area contributed by atoms with Crippen molar-refractivity contribution in [2.75, 3.05) is 7.05 Å². The van der Waals surface area contributed by atoms with E-state index in [9.17, 15) is 0 Å². The molecule has 0 aromatic carbocycles. The fourth-order valence-electron chi connectivity index (χ4n) is 0.969. The number of aliphatic imine (C=N–C) groups is 1. The third-order valence-corrected chi connectivity index (χ3v) is 2.40. The smallest absolute Gasteiger partial charge is 0.311 e. The van der Waals surface area contributed by atoms with E-state index in [1.165, 1.54) is 12.1 Å². The minimum atomic E-state index is 0.483. The quantitative estimate of drug-likeness (QED) is 0.728. The fraction of sp³-hybridized carbons (Fsp3) is 0.111. The number of rotatable bonds is 1. The lowest BCUT2D eigenvalue weighted by Crippen LogP contribution is -2.32. The van der Waals surface area contributed by atoms with Gasteiger partial charge < -0.3 is 4.74 Å². The summed E-state index contributed by atoms with van der Waals surface area (Å²) in [5, 5.41) is 0. The van der Waals surface area contributed by atoms with Crippen LogP contribution < -0.4 is 9.46 Å². The number of amidine groups is 1. The Bertz CT molecular complexity index is 392. The summed E-state index contributed by atoms with van der Waals surface area (Å²) in [6.45, 7) is 3.70. The van der Waals surface area contributed by atoms with Gasteiger partial charge in [-0.1, -0.05) is 6.58 Å². The fourth-order valence-corrected chi connectivity index (χ4v) is 1.41. The van der Waals surface area contributed by atoms with Crippen LogP contribution in [0.15, 0.2) is 41.9 Å². The van der Waals surface area contributed by atoms with Crippen LogP contribution in [0.3, 0.4) is 0 Å². The topological polar surface area (TPSA) is 49.8 Å². The first-order chi connectivity index (χ1) is 7.25. The van der Waals surface area contributed by atoms with Gasteiger partial charge in [-0.25, -0.2) is 0 Å². The van der Waals surface area contributed by atoms with Crippen molar-refractivity contribution in [3.8, 4) is 5.75 Å². The highest BCUT2D eigenvalue weighted by Gasteiger charge is 2.15. The molecular formula is C9H10N4OS. The Hall–Kier alpha value is -1.69. The van der Waals surface area contributed by atoms with Gasteiger partial charge in [0.15, 0.2) is 0 Å². The predicted octanol–water partition coefficient (Wildman–Crippen LogP) is 1.39. The average Bonchev–Trinajstić information content (AvgIpc) is 2.25. The summed E-state index contributed by atoms with van der Waals surface area (Å²) >= 11 is 1.36. The molecule has 0 aliphatic carbocycles. The molecule has 1 aliphatic rings. The Morgan fingerprint density at radius 2 is 2.47 bits per heavy atom. The van der Waals surface area contributed by atoms with Crippen molar-refractivity contribution in [1.29, 1.82) is 0 Å². The second-order valence-electron chi connectivity index (χ2n) is 2.82. The first-order valence-electron chi connectivity index (χ1n) is 4.28. The molecule has 0 saturated heterocycles. The highest BCUT2D eigenvalue weighted by molar-refractivity contribution is 7.95. The summed E-state index contributed by atoms with van der Waals surface area (Å²) in [6, 6.07) is 4.11. The summed E-state index contributed by atoms with van der Waals surface area (Å²) in [4.78, 5) is 8.08. The third-order valence-electron chi connectivity index (χ3n) is 1.64. The summed E-state index contributed by atoms with van der Waals surface area (Å²) in [7, 11) is 1.85. The zero-order valence-corrected chi connectivity index (χ0v) is 8.99. The lowest BCUT2D eigenvalue weighted by molar-refractivity contribution is 0.478. The molecule has 1 aromatic rings. The van der Waals surface area contributed by atoms with Crippen LogP contribution in [0.1, 0.15) is 0 Å². The average molecular weight is 222 g/mol. The lowest BCUT2D eigenvalue weighted by atomic mass is 10.5. The number of pyridine rings is 1. The molecule has 0 radical (unpaired) electrons. The van der Waals surface area contributed by atoms with Gasteiger partial charge in [-0.3, -0.25) is 14.0 Å². The molecule has 5 nitrogen and oxygen atoms in total. The van der Waals surface area contributed by atoms with E-state index in [-0.39, 0.29) is 0 Å². The number of hydrogen-bond donors (Lipinski definition) is 1. The minimum absolute atomic E-state index is 0.483. The van der Waals surface area contributed by atoms with E-state index in [2.05, 4.69) is 21.3 Å². The standard InChI is InChI=1S/C9H10N4OS/c1-7-11-9(13(2)15-12-7)14-8-4-3-5-10-6-8/h3-6,12H,1H2,2H3. The Morgan fingerprint density at radius 1 is 1.60 bits per heavy atom. The summed E-state index contributed by atoms with van der Waals surface area (Å²) in [5.41, 5.74) is 0. The molecular weight excluding hydrogens is 212 g/mol. The van der Waals surface area contributed by atoms with Gasteiger partial charge in [-0.05, 0) is 12.1 Å². The first-order valence-corrected chi connectivity index (χ1v) is 5.05. The first kappa shape index (κ1) is 9.85. The van der Waals surface area contributed by atoms with Crippen LogP contribution in [0.25, 0.3) is 0 Å². The summed E-state index contributed by atoms with van der Waals surface area (Å²) in [5.74, 6) is 1.22. The summed E-state index contributed by atoms with van der Waals surface area (Å²) in [6.07, 6.45) is 3.32. The molecule has 1 aliphatic heterocycles. The van der Waals surface area contributed by atoms with E-state index in [4.69, 9.17) is 4.74 Å². The maximum absolute atomic E-state index is 5.53. The molecule has 0 unspecified atom stereocenters. The van der Waals surface area contributed by atoms with Gasteiger partial charge in [-0.15, -0.1) is 0 Å². The van der Waals surface area contributed by atoms with Crippen LogP contribution in [0.2, 0.25) is 0 Å². The molecule has 0 atom stereocenters. The molecule has 2 rings (SSSR count). The van der Waals surface area contributed by atoms with E-state index < -0.39 is 0 Å². The molecule has 15 heavy (non-hydrogen) atoms. The zero-order valence-electron chi connectivity index (χ0n) is 8.17. The van der Waals surface area contributed by atoms with Crippen molar-refractivity contribution in [2.24, 2.45) is 4.99 Å². The molecule has 0 amide bonds. The molecule has 78 valence electrons. The molecule has 0 fully saturated rings. The van der Waals surface area contributed by atoms with Crippen LogP contribution >= 0.6 is 12.1 Å². The van der Waals surface area contributed by atoms with E-state index in [0.717, 1.165) is 0 Å². The Kier molecular flexibility index (Phi) is 2.77. The highest BCUT2D eigenvalue weighted by Crippen LogP contribution is 2.16. The molecule has 0 bridgehead atoms. The predicted molar refractivity (Wildman–Crippen MR) is 59.9 cm³/mol. The van der Waals surface area contributed by atoms with Crippen LogP contribution in [0.5, 0.6) is 5.75 Å². The summed E-state index contributed by atoms with van der Waals surface area (Å²) < 4.78 is 10.2. The number of hydrogen-bond acceptors (Lipinski definition) is 6. The van der Waals surface area contributed by atoms with Gasteiger partial charge in [-0.2, -0.15) is 4.99 Å². The maximum Gasteiger partial charge on any atom is 0.311 e. The van der Waals surface area contributed by atoms with Gasteiger partial charge in [0, 0.05) is 13.2 Å². The van der Waals surface area contributed by atoms with Crippen molar-refractivity contribution in [2.45, 2.75) is 0 Å². The van der Waals surface area contributed by atoms with Crippen LogP contribution in [0, 0.1) is 0 Å². The number of nitrogens with one attached hydrogen (secondary N) is 1. The number of ether oxygens (including phenoxy) is 1. The monoisotopic (exact) mass is 222 g/mol. The normalized spacial score (nSPS) is 15.7. The molecule has 6 heteroatoms. The zero-order chi connectivity index (χ0) is 10.7. The highest BCUT2D eigenvalue weighted by atomic mass is 32.2. The SMILES string of the molecule is C=C1N=C(Oc2cccnc2)N(C)SN1. The number of nitrogens with zero attached hydrogens (tertiary/aromatic N) is 3. The Labute approximate surface area is 92.1 Å². The van der Waals surface area contributed by atoms with Crippen LogP contribution in [-0.2, 0) is 0 Å². The van der Waals surface area contributed by atoms with E-state index in [1.807, 2.05) is 13.1 Å². The van der Waals surface area contributed by atoms with Crippen LogP contribution in [0.4, 0.5) is 0 Å². The number of aromatic nitrogens is 1. The molecule has 1 aromatic heterocycles. The molecule has 0 saturated carbocycles. The van der Waals surface area contributed by atoms with Gasteiger partial charge in [0.25, 0.3) is 0 Å². The second kappa shape index (κ2) is 4.22. The van der Waals surface area contributed by atoms with Gasteiger partial charge in [0.1, 0.15) is 11.6 Å². The molecule has 2 heterocycles. The molecule has 1 N–H and O–H groups in total. The van der Waals surface area contributed by atoms with Crippen molar-refractivity contribution in [1.82, 2.24) is 14.0 Å². The lowest BCUT2D eigenvalue weighted by Gasteiger charge is -2.23. The van der Waals surface area contributed by atoms with E-state index in [0.29, 0.717) is 17.6 Å². The Morgan fingerprint density at radius 3 is 3.20 bits per heavy atom. The van der Waals surface area contributed by atoms with E-state index in [1.54, 1.807) is 22.8 Å². The second-order valence-corrected chi connectivity index (χ2v) is 3.76. The van der Waals surface area contributed by atoms with Crippen molar-refractivity contribution in [3.05, 3.63) is 36.9 Å². The van der Waals surface area contributed by atoms with Crippen molar-refractivity contribution < 1.29 is 4.74 Å². The van der Waals surface area contributed by atoms with Gasteiger partial charge >= 0.3 is 6.02 Å². The maximum atomic E-state index is 5.53. The van der Waals surface area contributed by atoms with Gasteiger partial charge in [0.2, 0.25) is 0 Å². The van der Waals surface area contributed by atoms with Crippen molar-refractivity contribution >= 4 is 18.2 Å². The van der Waals surface area contributed by atoms with Gasteiger partial charge in [0.05, 0.1) is 18.3 Å². The van der Waals surface area contributed by atoms with E-state index >= 15 is 0 Å². The Balaban J connectivity index is 2.14.